The van der Waals surface area contributed by atoms with E-state index in [2.05, 4.69) is 46.8 Å². The lowest BCUT2D eigenvalue weighted by Crippen LogP contribution is -2.38. The van der Waals surface area contributed by atoms with Gasteiger partial charge in [0.15, 0.2) is 5.66 Å². The van der Waals surface area contributed by atoms with Gasteiger partial charge in [-0.2, -0.15) is 0 Å². The highest BCUT2D eigenvalue weighted by Gasteiger charge is 2.36. The predicted molar refractivity (Wildman–Crippen MR) is 129 cm³/mol. The number of anilines is 1. The Morgan fingerprint density at radius 3 is 2.66 bits per heavy atom. The molecule has 0 radical (unpaired) electrons. The molecule has 0 unspecified atom stereocenters. The van der Waals surface area contributed by atoms with Crippen LogP contribution in [-0.4, -0.2) is 41.1 Å². The number of aryl methyl sites for hydroxylation is 1. The van der Waals surface area contributed by atoms with Gasteiger partial charge < -0.3 is 10.6 Å². The number of fused-ring (bicyclic) bond motifs is 1. The van der Waals surface area contributed by atoms with Crippen LogP contribution in [0.5, 0.6) is 0 Å². The Morgan fingerprint density at radius 1 is 1.06 bits per heavy atom. The Labute approximate surface area is 187 Å². The third-order valence-electron chi connectivity index (χ3n) is 5.87. The first-order valence-corrected chi connectivity index (χ1v) is 10.9. The zero-order chi connectivity index (χ0) is 22.0. The van der Waals surface area contributed by atoms with E-state index >= 15 is 0 Å². The summed E-state index contributed by atoms with van der Waals surface area (Å²) >= 11 is 0. The summed E-state index contributed by atoms with van der Waals surface area (Å²) in [6.45, 7) is 3.84. The number of benzene rings is 2. The van der Waals surface area contributed by atoms with E-state index in [0.717, 1.165) is 53.8 Å². The highest BCUT2D eigenvalue weighted by Crippen LogP contribution is 2.31. The Bertz CT molecular complexity index is 1250. The van der Waals surface area contributed by atoms with Gasteiger partial charge in [0.2, 0.25) is 5.91 Å². The molecule has 1 spiro atoms. The first kappa shape index (κ1) is 20.3. The van der Waals surface area contributed by atoms with E-state index < -0.39 is 5.66 Å². The molecular formula is C26H25N5O. The maximum atomic E-state index is 12.6. The van der Waals surface area contributed by atoms with Gasteiger partial charge in [-0.05, 0) is 38.2 Å². The molecular weight excluding hydrogens is 398 g/mol. The summed E-state index contributed by atoms with van der Waals surface area (Å²) in [7, 11) is 0. The summed E-state index contributed by atoms with van der Waals surface area (Å²) in [4.78, 5) is 27.0. The molecule has 2 aromatic carbocycles. The molecule has 3 heterocycles. The molecule has 1 fully saturated rings. The van der Waals surface area contributed by atoms with Crippen molar-refractivity contribution in [2.24, 2.45) is 9.98 Å². The lowest BCUT2D eigenvalue weighted by atomic mass is 10.0. The SMILES string of the molecule is Cc1ccc(C2=NC3(CCNCC3)N=C2/C=C/C(=O)Nc2cnc3ccccc3c2)cc1. The number of aliphatic imine (C=N–C) groups is 2. The monoisotopic (exact) mass is 423 g/mol. The van der Waals surface area contributed by atoms with Crippen molar-refractivity contribution in [3.05, 3.63) is 84.1 Å². The van der Waals surface area contributed by atoms with Crippen LogP contribution in [0.2, 0.25) is 0 Å². The zero-order valence-corrected chi connectivity index (χ0v) is 18.0. The molecule has 1 aromatic heterocycles. The van der Waals surface area contributed by atoms with Gasteiger partial charge in [0.1, 0.15) is 0 Å². The summed E-state index contributed by atoms with van der Waals surface area (Å²) in [5, 5.41) is 7.26. The highest BCUT2D eigenvalue weighted by atomic mass is 16.1. The number of amides is 1. The third-order valence-corrected chi connectivity index (χ3v) is 5.87. The minimum absolute atomic E-state index is 0.223. The molecule has 5 rings (SSSR count). The largest absolute Gasteiger partial charge is 0.321 e. The number of nitrogens with one attached hydrogen (secondary N) is 2. The number of pyridine rings is 1. The predicted octanol–water partition coefficient (Wildman–Crippen LogP) is 4.06. The number of carbonyl (C=O) groups is 1. The molecule has 2 N–H and O–H groups in total. The van der Waals surface area contributed by atoms with Crippen LogP contribution in [0.4, 0.5) is 5.69 Å². The summed E-state index contributed by atoms with van der Waals surface area (Å²) in [5.41, 5.74) is 4.95. The molecule has 0 atom stereocenters. The molecule has 0 aliphatic carbocycles. The van der Waals surface area contributed by atoms with E-state index in [1.54, 1.807) is 12.3 Å². The molecule has 0 bridgehead atoms. The average Bonchev–Trinajstić information content (AvgIpc) is 3.16. The van der Waals surface area contributed by atoms with Crippen LogP contribution in [0.25, 0.3) is 10.9 Å². The maximum absolute atomic E-state index is 12.6. The van der Waals surface area contributed by atoms with Crippen molar-refractivity contribution in [1.29, 1.82) is 0 Å². The number of rotatable bonds is 4. The molecule has 3 aromatic rings. The molecule has 32 heavy (non-hydrogen) atoms. The summed E-state index contributed by atoms with van der Waals surface area (Å²) in [6, 6.07) is 18.0. The topological polar surface area (TPSA) is 78.7 Å². The lowest BCUT2D eigenvalue weighted by molar-refractivity contribution is -0.111. The quantitative estimate of drug-likeness (QED) is 0.621. The van der Waals surface area contributed by atoms with Crippen molar-refractivity contribution in [2.45, 2.75) is 25.4 Å². The van der Waals surface area contributed by atoms with E-state index in [0.29, 0.717) is 5.69 Å². The molecule has 1 saturated heterocycles. The van der Waals surface area contributed by atoms with Crippen molar-refractivity contribution >= 4 is 33.9 Å². The number of allylic oxidation sites excluding steroid dienone is 1. The molecule has 2 aliphatic rings. The van der Waals surface area contributed by atoms with Crippen LogP contribution < -0.4 is 10.6 Å². The van der Waals surface area contributed by atoms with Crippen molar-refractivity contribution in [3.63, 3.8) is 0 Å². The number of piperidine rings is 1. The molecule has 2 aliphatic heterocycles. The number of hydrogen-bond donors (Lipinski definition) is 2. The molecule has 6 nitrogen and oxygen atoms in total. The van der Waals surface area contributed by atoms with E-state index in [9.17, 15) is 4.79 Å². The van der Waals surface area contributed by atoms with Gasteiger partial charge in [0.05, 0.1) is 28.8 Å². The van der Waals surface area contributed by atoms with Crippen LogP contribution in [0.15, 0.2) is 82.9 Å². The van der Waals surface area contributed by atoms with Crippen molar-refractivity contribution in [2.75, 3.05) is 18.4 Å². The Balaban J connectivity index is 1.38. The highest BCUT2D eigenvalue weighted by molar-refractivity contribution is 6.53. The lowest BCUT2D eigenvalue weighted by Gasteiger charge is -2.28. The number of carbonyl (C=O) groups excluding carboxylic acids is 1. The Hall–Kier alpha value is -3.64. The fourth-order valence-corrected chi connectivity index (χ4v) is 4.14. The molecule has 160 valence electrons. The summed E-state index contributed by atoms with van der Waals surface area (Å²) in [5.74, 6) is -0.223. The van der Waals surface area contributed by atoms with Crippen LogP contribution in [0.1, 0.15) is 24.0 Å². The normalized spacial score (nSPS) is 17.5. The zero-order valence-electron chi connectivity index (χ0n) is 18.0. The molecule has 0 saturated carbocycles. The van der Waals surface area contributed by atoms with E-state index in [1.165, 1.54) is 11.6 Å². The number of nitrogens with zero attached hydrogens (tertiary/aromatic N) is 3. The van der Waals surface area contributed by atoms with E-state index in [1.807, 2.05) is 30.3 Å². The number of hydrogen-bond acceptors (Lipinski definition) is 5. The second-order valence-electron chi connectivity index (χ2n) is 8.30. The standard InChI is InChI=1S/C26H25N5O/c1-18-6-8-19(9-7-18)25-23(30-26(31-25)12-14-27-15-13-26)10-11-24(32)29-21-16-20-4-2-3-5-22(20)28-17-21/h2-11,16-17,27H,12-15H2,1H3,(H,29,32)/b11-10+. The summed E-state index contributed by atoms with van der Waals surface area (Å²) in [6.07, 6.45) is 6.69. The van der Waals surface area contributed by atoms with Gasteiger partial charge in [-0.15, -0.1) is 0 Å². The minimum atomic E-state index is -0.427. The Kier molecular flexibility index (Phi) is 5.37. The molecule has 6 heteroatoms. The van der Waals surface area contributed by atoms with Crippen LogP contribution in [0.3, 0.4) is 0 Å². The van der Waals surface area contributed by atoms with Gasteiger partial charge in [0, 0.05) is 29.9 Å². The third kappa shape index (κ3) is 4.22. The second kappa shape index (κ2) is 8.48. The number of aromatic nitrogens is 1. The number of para-hydroxylation sites is 1. The van der Waals surface area contributed by atoms with Gasteiger partial charge in [-0.3, -0.25) is 19.8 Å². The van der Waals surface area contributed by atoms with Crippen molar-refractivity contribution in [1.82, 2.24) is 10.3 Å². The first-order valence-electron chi connectivity index (χ1n) is 10.9. The smallest absolute Gasteiger partial charge is 0.248 e. The van der Waals surface area contributed by atoms with Crippen molar-refractivity contribution < 1.29 is 4.79 Å². The van der Waals surface area contributed by atoms with Gasteiger partial charge in [-0.1, -0.05) is 48.0 Å². The minimum Gasteiger partial charge on any atom is -0.321 e. The van der Waals surface area contributed by atoms with E-state index in [4.69, 9.17) is 9.98 Å². The maximum Gasteiger partial charge on any atom is 0.248 e. The van der Waals surface area contributed by atoms with E-state index in [-0.39, 0.29) is 5.91 Å². The Morgan fingerprint density at radius 2 is 1.84 bits per heavy atom. The average molecular weight is 424 g/mol. The molecule has 1 amide bonds. The fourth-order valence-electron chi connectivity index (χ4n) is 4.14. The van der Waals surface area contributed by atoms with Crippen molar-refractivity contribution in [3.8, 4) is 0 Å². The first-order chi connectivity index (χ1) is 15.6. The summed E-state index contributed by atoms with van der Waals surface area (Å²) < 4.78 is 0. The van der Waals surface area contributed by atoms with Gasteiger partial charge in [0.25, 0.3) is 0 Å². The van der Waals surface area contributed by atoms with Crippen LogP contribution in [-0.2, 0) is 4.79 Å². The fraction of sp³-hybridized carbons (Fsp3) is 0.231. The van der Waals surface area contributed by atoms with Gasteiger partial charge in [-0.25, -0.2) is 0 Å². The van der Waals surface area contributed by atoms with Crippen LogP contribution >= 0.6 is 0 Å². The second-order valence-corrected chi connectivity index (χ2v) is 8.30. The van der Waals surface area contributed by atoms with Gasteiger partial charge >= 0.3 is 0 Å². The van der Waals surface area contributed by atoms with Crippen LogP contribution in [0, 0.1) is 6.92 Å².